The van der Waals surface area contributed by atoms with Crippen molar-refractivity contribution in [3.05, 3.63) is 29.6 Å². The van der Waals surface area contributed by atoms with Gasteiger partial charge in [0.2, 0.25) is 0 Å². The van der Waals surface area contributed by atoms with Crippen LogP contribution in [0.25, 0.3) is 0 Å². The number of aryl methyl sites for hydroxylation is 1. The number of aromatic nitrogens is 1. The molecule has 1 saturated heterocycles. The van der Waals surface area contributed by atoms with Crippen LogP contribution in [0.2, 0.25) is 0 Å². The number of pyridine rings is 1. The van der Waals surface area contributed by atoms with E-state index in [2.05, 4.69) is 16.8 Å². The van der Waals surface area contributed by atoms with Gasteiger partial charge in [0.05, 0.1) is 17.7 Å². The summed E-state index contributed by atoms with van der Waals surface area (Å²) in [5.74, 6) is -0.899. The highest BCUT2D eigenvalue weighted by molar-refractivity contribution is 5.70. The van der Waals surface area contributed by atoms with Crippen LogP contribution in [-0.4, -0.2) is 34.0 Å². The van der Waals surface area contributed by atoms with Gasteiger partial charge in [-0.05, 0) is 44.9 Å². The molecule has 1 fully saturated rings. The number of nitrogens with zero attached hydrogens (tertiary/aromatic N) is 2. The van der Waals surface area contributed by atoms with E-state index in [1.54, 1.807) is 0 Å². The van der Waals surface area contributed by atoms with Crippen molar-refractivity contribution >= 4 is 5.97 Å². The smallest absolute Gasteiger partial charge is 0.307 e. The molecule has 2 heterocycles. The zero-order chi connectivity index (χ0) is 13.8. The molecule has 0 amide bonds. The lowest BCUT2D eigenvalue weighted by Crippen LogP contribution is -2.41. The molecule has 2 unspecified atom stereocenters. The fourth-order valence-electron chi connectivity index (χ4n) is 2.90. The van der Waals surface area contributed by atoms with Gasteiger partial charge in [0.1, 0.15) is 0 Å². The van der Waals surface area contributed by atoms with Crippen molar-refractivity contribution in [3.63, 3.8) is 0 Å². The summed E-state index contributed by atoms with van der Waals surface area (Å²) >= 11 is 0. The topological polar surface area (TPSA) is 53.4 Å². The van der Waals surface area contributed by atoms with Crippen LogP contribution in [0, 0.1) is 12.8 Å². The second kappa shape index (κ2) is 6.15. The fourth-order valence-corrected chi connectivity index (χ4v) is 2.90. The normalized spacial score (nSPS) is 22.1. The van der Waals surface area contributed by atoms with E-state index < -0.39 is 5.97 Å². The third kappa shape index (κ3) is 3.32. The van der Waals surface area contributed by atoms with E-state index in [1.165, 1.54) is 0 Å². The summed E-state index contributed by atoms with van der Waals surface area (Å²) in [6.45, 7) is 5.74. The number of hydrogen-bond donors (Lipinski definition) is 1. The molecule has 0 aromatic carbocycles. The molecule has 1 N–H and O–H groups in total. The van der Waals surface area contributed by atoms with Gasteiger partial charge in [-0.25, -0.2) is 0 Å². The molecule has 0 spiro atoms. The van der Waals surface area contributed by atoms with Crippen molar-refractivity contribution in [1.82, 2.24) is 9.88 Å². The second-order valence-electron chi connectivity index (χ2n) is 5.30. The Balaban J connectivity index is 2.15. The molecule has 2 rings (SSSR count). The van der Waals surface area contributed by atoms with Gasteiger partial charge in [-0.15, -0.1) is 0 Å². The first-order chi connectivity index (χ1) is 9.11. The number of hydrogen-bond acceptors (Lipinski definition) is 3. The van der Waals surface area contributed by atoms with Crippen LogP contribution in [0.15, 0.2) is 18.2 Å². The Morgan fingerprint density at radius 1 is 1.58 bits per heavy atom. The van der Waals surface area contributed by atoms with Crippen LogP contribution in [0.3, 0.4) is 0 Å². The molecule has 4 heteroatoms. The van der Waals surface area contributed by atoms with Gasteiger partial charge in [-0.2, -0.15) is 0 Å². The number of carboxylic acid groups (broad SMARTS) is 1. The number of piperidine rings is 1. The zero-order valence-corrected chi connectivity index (χ0v) is 11.7. The van der Waals surface area contributed by atoms with Gasteiger partial charge < -0.3 is 5.11 Å². The second-order valence-corrected chi connectivity index (χ2v) is 5.30. The summed E-state index contributed by atoms with van der Waals surface area (Å²) in [5, 5.41) is 9.18. The predicted octanol–water partition coefficient (Wildman–Crippen LogP) is 2.64. The van der Waals surface area contributed by atoms with Crippen molar-refractivity contribution in [1.29, 1.82) is 0 Å². The third-order valence-corrected chi connectivity index (χ3v) is 3.88. The van der Waals surface area contributed by atoms with E-state index in [1.807, 2.05) is 25.1 Å². The Morgan fingerprint density at radius 2 is 2.37 bits per heavy atom. The number of carbonyl (C=O) groups is 1. The molecule has 1 aromatic rings. The van der Waals surface area contributed by atoms with Crippen LogP contribution in [0.4, 0.5) is 0 Å². The summed E-state index contributed by atoms with van der Waals surface area (Å²) in [5.41, 5.74) is 2.08. The Kier molecular flexibility index (Phi) is 4.53. The lowest BCUT2D eigenvalue weighted by atomic mass is 9.95. The number of aliphatic carboxylic acids is 1. The first-order valence-corrected chi connectivity index (χ1v) is 7.02. The van der Waals surface area contributed by atoms with Gasteiger partial charge in [-0.1, -0.05) is 13.0 Å². The van der Waals surface area contributed by atoms with E-state index in [9.17, 15) is 9.90 Å². The highest BCUT2D eigenvalue weighted by Gasteiger charge is 2.30. The van der Waals surface area contributed by atoms with E-state index in [0.29, 0.717) is 6.54 Å². The Bertz CT molecular complexity index is 448. The molecule has 1 aliphatic heterocycles. The largest absolute Gasteiger partial charge is 0.481 e. The minimum atomic E-state index is -0.670. The highest BCUT2D eigenvalue weighted by Crippen LogP contribution is 2.28. The maximum absolute atomic E-state index is 11.2. The first kappa shape index (κ1) is 14.0. The van der Waals surface area contributed by atoms with Gasteiger partial charge >= 0.3 is 5.97 Å². The van der Waals surface area contributed by atoms with E-state index in [0.717, 1.165) is 37.2 Å². The zero-order valence-electron chi connectivity index (χ0n) is 11.7. The molecule has 1 aliphatic rings. The molecular formula is C15H22N2O2. The average Bonchev–Trinajstić information content (AvgIpc) is 2.40. The van der Waals surface area contributed by atoms with Gasteiger partial charge in [-0.3, -0.25) is 14.7 Å². The monoisotopic (exact) mass is 262 g/mol. The molecule has 0 bridgehead atoms. The van der Waals surface area contributed by atoms with Crippen LogP contribution in [-0.2, 0) is 4.79 Å². The predicted molar refractivity (Wildman–Crippen MR) is 73.9 cm³/mol. The van der Waals surface area contributed by atoms with E-state index in [4.69, 9.17) is 0 Å². The molecular weight excluding hydrogens is 240 g/mol. The van der Waals surface area contributed by atoms with Gasteiger partial charge in [0, 0.05) is 12.2 Å². The van der Waals surface area contributed by atoms with Crippen LogP contribution >= 0.6 is 0 Å². The SMILES string of the molecule is CCC(c1cccc(C)n1)N1CCCC(C(=O)O)C1. The molecule has 0 aliphatic carbocycles. The lowest BCUT2D eigenvalue weighted by molar-refractivity contribution is -0.144. The number of likely N-dealkylation sites (tertiary alicyclic amines) is 1. The van der Waals surface area contributed by atoms with E-state index >= 15 is 0 Å². The summed E-state index contributed by atoms with van der Waals surface area (Å²) in [6, 6.07) is 6.30. The first-order valence-electron chi connectivity index (χ1n) is 7.02. The molecule has 104 valence electrons. The maximum Gasteiger partial charge on any atom is 0.307 e. The fraction of sp³-hybridized carbons (Fsp3) is 0.600. The van der Waals surface area contributed by atoms with Crippen molar-refractivity contribution in [3.8, 4) is 0 Å². The minimum absolute atomic E-state index is 0.229. The Hall–Kier alpha value is -1.42. The van der Waals surface area contributed by atoms with Crippen molar-refractivity contribution in [2.75, 3.05) is 13.1 Å². The summed E-state index contributed by atoms with van der Waals surface area (Å²) in [7, 11) is 0. The molecule has 19 heavy (non-hydrogen) atoms. The number of rotatable bonds is 4. The quantitative estimate of drug-likeness (QED) is 0.906. The van der Waals surface area contributed by atoms with Crippen LogP contribution < -0.4 is 0 Å². The Labute approximate surface area is 114 Å². The van der Waals surface area contributed by atoms with Crippen molar-refractivity contribution in [2.45, 2.75) is 39.2 Å². The molecule has 0 radical (unpaired) electrons. The standard InChI is InChI=1S/C15H22N2O2/c1-3-14(13-8-4-6-11(2)16-13)17-9-5-7-12(10-17)15(18)19/h4,6,8,12,14H,3,5,7,9-10H2,1-2H3,(H,18,19). The number of carboxylic acids is 1. The van der Waals surface area contributed by atoms with Crippen molar-refractivity contribution in [2.24, 2.45) is 5.92 Å². The third-order valence-electron chi connectivity index (χ3n) is 3.88. The summed E-state index contributed by atoms with van der Waals surface area (Å²) in [6.07, 6.45) is 2.71. The summed E-state index contributed by atoms with van der Waals surface area (Å²) < 4.78 is 0. The molecule has 4 nitrogen and oxygen atoms in total. The van der Waals surface area contributed by atoms with Crippen LogP contribution in [0.1, 0.15) is 43.6 Å². The molecule has 0 saturated carbocycles. The molecule has 2 atom stereocenters. The van der Waals surface area contributed by atoms with Crippen molar-refractivity contribution < 1.29 is 9.90 Å². The molecule has 1 aromatic heterocycles. The van der Waals surface area contributed by atoms with Gasteiger partial charge in [0.25, 0.3) is 0 Å². The van der Waals surface area contributed by atoms with Gasteiger partial charge in [0.15, 0.2) is 0 Å². The summed E-state index contributed by atoms with van der Waals surface area (Å²) in [4.78, 5) is 18.0. The van der Waals surface area contributed by atoms with Crippen LogP contribution in [0.5, 0.6) is 0 Å². The maximum atomic E-state index is 11.2. The van der Waals surface area contributed by atoms with E-state index in [-0.39, 0.29) is 12.0 Å². The lowest BCUT2D eigenvalue weighted by Gasteiger charge is -2.36. The highest BCUT2D eigenvalue weighted by atomic mass is 16.4. The average molecular weight is 262 g/mol. The minimum Gasteiger partial charge on any atom is -0.481 e. The Morgan fingerprint density at radius 3 is 3.00 bits per heavy atom.